The Morgan fingerprint density at radius 1 is 0.700 bits per heavy atom. The maximum atomic E-state index is 4.81. The van der Waals surface area contributed by atoms with Gasteiger partial charge in [-0.05, 0) is 45.3 Å². The predicted octanol–water partition coefficient (Wildman–Crippen LogP) is 6.37. The molecule has 1 aliphatic rings. The fourth-order valence-corrected chi connectivity index (χ4v) is 6.01. The maximum absolute atomic E-state index is 4.81. The Kier molecular flexibility index (Phi) is 6.26. The first-order chi connectivity index (χ1) is 14.9. The fourth-order valence-electron chi connectivity index (χ4n) is 4.20. The number of pyridine rings is 1. The third kappa shape index (κ3) is 4.51. The second-order valence-corrected chi connectivity index (χ2v) is 10.0. The Morgan fingerprint density at radius 2 is 1.27 bits per heavy atom. The number of thioether (sulfide) groups is 2. The molecule has 1 aromatic heterocycles. The van der Waals surface area contributed by atoms with Crippen molar-refractivity contribution >= 4 is 45.1 Å². The second kappa shape index (κ2) is 9.42. The molecule has 3 aromatic carbocycles. The first-order valence-electron chi connectivity index (χ1n) is 10.6. The van der Waals surface area contributed by atoms with Crippen molar-refractivity contribution in [1.29, 1.82) is 0 Å². The van der Waals surface area contributed by atoms with E-state index in [1.165, 1.54) is 38.5 Å². The highest BCUT2D eigenvalue weighted by molar-refractivity contribution is 7.98. The van der Waals surface area contributed by atoms with Crippen LogP contribution in [0.15, 0.2) is 72.8 Å². The van der Waals surface area contributed by atoms with E-state index in [0.717, 1.165) is 42.6 Å². The molecule has 4 aromatic rings. The molecule has 152 valence electrons. The van der Waals surface area contributed by atoms with Gasteiger partial charge >= 0.3 is 0 Å². The van der Waals surface area contributed by atoms with E-state index in [1.807, 2.05) is 23.5 Å². The molecule has 2 nitrogen and oxygen atoms in total. The van der Waals surface area contributed by atoms with Gasteiger partial charge in [0.25, 0.3) is 0 Å². The lowest BCUT2D eigenvalue weighted by Crippen LogP contribution is -2.28. The van der Waals surface area contributed by atoms with Crippen molar-refractivity contribution in [2.24, 2.45) is 0 Å². The van der Waals surface area contributed by atoms with Crippen molar-refractivity contribution in [3.05, 3.63) is 89.7 Å². The predicted molar refractivity (Wildman–Crippen MR) is 133 cm³/mol. The number of fused-ring (bicyclic) bond motifs is 4. The fraction of sp³-hybridized carbons (Fsp3) is 0.269. The van der Waals surface area contributed by atoms with E-state index in [0.29, 0.717) is 0 Å². The minimum Gasteiger partial charge on any atom is -0.297 e. The van der Waals surface area contributed by atoms with E-state index in [4.69, 9.17) is 4.98 Å². The van der Waals surface area contributed by atoms with Gasteiger partial charge in [0.05, 0.1) is 11.4 Å². The van der Waals surface area contributed by atoms with E-state index in [1.54, 1.807) is 0 Å². The van der Waals surface area contributed by atoms with Crippen LogP contribution in [0.5, 0.6) is 0 Å². The largest absolute Gasteiger partial charge is 0.297 e. The number of rotatable bonds is 2. The summed E-state index contributed by atoms with van der Waals surface area (Å²) in [4.78, 5) is 7.46. The van der Waals surface area contributed by atoms with Gasteiger partial charge < -0.3 is 0 Å². The van der Waals surface area contributed by atoms with E-state index < -0.39 is 0 Å². The van der Waals surface area contributed by atoms with Crippen LogP contribution in [0.1, 0.15) is 17.0 Å². The van der Waals surface area contributed by atoms with Crippen LogP contribution in [0.2, 0.25) is 0 Å². The number of hydrogen-bond donors (Lipinski definition) is 0. The molecular formula is C26H26N2S2. The summed E-state index contributed by atoms with van der Waals surface area (Å²) >= 11 is 4.00. The van der Waals surface area contributed by atoms with Crippen LogP contribution in [-0.4, -0.2) is 34.5 Å². The number of benzene rings is 3. The summed E-state index contributed by atoms with van der Waals surface area (Å²) in [6.45, 7) is 3.23. The molecule has 0 radical (unpaired) electrons. The summed E-state index contributed by atoms with van der Waals surface area (Å²) < 4.78 is 0. The van der Waals surface area contributed by atoms with Gasteiger partial charge in [-0.25, -0.2) is 0 Å². The molecule has 30 heavy (non-hydrogen) atoms. The van der Waals surface area contributed by atoms with Gasteiger partial charge in [0, 0.05) is 42.6 Å². The molecule has 0 aliphatic carbocycles. The third-order valence-electron chi connectivity index (χ3n) is 5.73. The van der Waals surface area contributed by atoms with E-state index in [9.17, 15) is 0 Å². The van der Waals surface area contributed by atoms with Gasteiger partial charge in [0.15, 0.2) is 0 Å². The summed E-state index contributed by atoms with van der Waals surface area (Å²) in [5, 5.41) is 5.46. The third-order valence-corrected chi connectivity index (χ3v) is 7.67. The number of hydrogen-bond acceptors (Lipinski definition) is 4. The molecule has 0 fully saturated rings. The van der Waals surface area contributed by atoms with E-state index in [-0.39, 0.29) is 0 Å². The van der Waals surface area contributed by atoms with Crippen LogP contribution in [0.25, 0.3) is 21.5 Å². The minimum atomic E-state index is 1.00. The van der Waals surface area contributed by atoms with Gasteiger partial charge in [-0.15, -0.1) is 0 Å². The highest BCUT2D eigenvalue weighted by Crippen LogP contribution is 2.30. The van der Waals surface area contributed by atoms with Gasteiger partial charge in [-0.2, -0.15) is 23.5 Å². The summed E-state index contributed by atoms with van der Waals surface area (Å²) in [6.07, 6.45) is 0. The summed E-state index contributed by atoms with van der Waals surface area (Å²) in [7, 11) is 0. The lowest BCUT2D eigenvalue weighted by Gasteiger charge is -2.24. The van der Waals surface area contributed by atoms with Crippen LogP contribution in [0.4, 0.5) is 0 Å². The number of aromatic nitrogens is 1. The summed E-state index contributed by atoms with van der Waals surface area (Å²) in [6, 6.07) is 26.5. The molecule has 4 heteroatoms. The smallest absolute Gasteiger partial charge is 0.0506 e. The highest BCUT2D eigenvalue weighted by atomic mass is 32.2. The van der Waals surface area contributed by atoms with E-state index in [2.05, 4.69) is 77.7 Å². The van der Waals surface area contributed by atoms with Crippen molar-refractivity contribution in [3.8, 4) is 0 Å². The molecule has 0 saturated carbocycles. The van der Waals surface area contributed by atoms with Crippen molar-refractivity contribution < 1.29 is 0 Å². The molecule has 0 saturated heterocycles. The summed E-state index contributed by atoms with van der Waals surface area (Å²) in [5.41, 5.74) is 3.90. The van der Waals surface area contributed by atoms with Crippen LogP contribution in [0.3, 0.4) is 0 Å². The summed E-state index contributed by atoms with van der Waals surface area (Å²) in [5.74, 6) is 4.28. The molecule has 0 amide bonds. The zero-order chi connectivity index (χ0) is 20.2. The zero-order valence-corrected chi connectivity index (χ0v) is 18.7. The first kappa shape index (κ1) is 19.9. The van der Waals surface area contributed by atoms with Gasteiger partial charge in [0.1, 0.15) is 0 Å². The average molecular weight is 431 g/mol. The molecule has 0 unspecified atom stereocenters. The minimum absolute atomic E-state index is 1.00. The molecule has 2 bridgehead atoms. The Hall–Kier alpha value is -2.01. The molecular weight excluding hydrogens is 404 g/mol. The van der Waals surface area contributed by atoms with Crippen LogP contribution >= 0.6 is 23.5 Å². The molecule has 2 heterocycles. The molecule has 0 spiro atoms. The molecule has 0 N–H and O–H groups in total. The Balaban J connectivity index is 1.42. The van der Waals surface area contributed by atoms with E-state index >= 15 is 0 Å². The van der Waals surface area contributed by atoms with Crippen LogP contribution < -0.4 is 0 Å². The zero-order valence-electron chi connectivity index (χ0n) is 17.1. The topological polar surface area (TPSA) is 16.1 Å². The second-order valence-electron chi connectivity index (χ2n) is 7.80. The lowest BCUT2D eigenvalue weighted by molar-refractivity contribution is 0.303. The Bertz CT molecular complexity index is 1080. The monoisotopic (exact) mass is 430 g/mol. The van der Waals surface area contributed by atoms with Gasteiger partial charge in [0.2, 0.25) is 0 Å². The first-order valence-corrected chi connectivity index (χ1v) is 12.9. The average Bonchev–Trinajstić information content (AvgIpc) is 2.78. The quantitative estimate of drug-likeness (QED) is 0.343. The van der Waals surface area contributed by atoms with Gasteiger partial charge in [-0.1, -0.05) is 54.6 Å². The van der Waals surface area contributed by atoms with Crippen molar-refractivity contribution in [1.82, 2.24) is 9.88 Å². The highest BCUT2D eigenvalue weighted by Gasteiger charge is 2.13. The van der Waals surface area contributed by atoms with Crippen LogP contribution in [0, 0.1) is 0 Å². The number of nitrogens with zero attached hydrogens (tertiary/aromatic N) is 2. The van der Waals surface area contributed by atoms with Crippen molar-refractivity contribution in [2.75, 3.05) is 24.6 Å². The standard InChI is InChI=1S/C26H26N2S2/c1-3-10-24-20(6-1)16-21-7-2-4-11-25(21)26(24)17-28-12-14-29-18-22-8-5-9-23(27-22)19-30-15-13-28/h1-11,16H,12-15,17-19H2. The van der Waals surface area contributed by atoms with Gasteiger partial charge in [-0.3, -0.25) is 9.88 Å². The van der Waals surface area contributed by atoms with Crippen molar-refractivity contribution in [2.45, 2.75) is 18.1 Å². The van der Waals surface area contributed by atoms with Crippen LogP contribution in [-0.2, 0) is 18.1 Å². The normalized spacial score (nSPS) is 16.3. The molecule has 1 aliphatic heterocycles. The Morgan fingerprint density at radius 3 is 1.87 bits per heavy atom. The maximum Gasteiger partial charge on any atom is 0.0506 e. The molecule has 5 rings (SSSR count). The lowest BCUT2D eigenvalue weighted by atomic mass is 9.96. The Labute approximate surface area is 187 Å². The van der Waals surface area contributed by atoms with Crippen molar-refractivity contribution in [3.63, 3.8) is 0 Å². The molecule has 0 atom stereocenters. The SMILES string of the molecule is c1cc2nc(c1)CSCCN(Cc1c3ccccc3cc3ccccc13)CCSC2.